The van der Waals surface area contributed by atoms with Crippen molar-refractivity contribution in [2.75, 3.05) is 0 Å². The molecule has 1 aliphatic carbocycles. The van der Waals surface area contributed by atoms with Crippen molar-refractivity contribution in [2.24, 2.45) is 0 Å². The van der Waals surface area contributed by atoms with Crippen molar-refractivity contribution in [3.05, 3.63) is 77.1 Å². The minimum Gasteiger partial charge on any atom is -0.255 e. The molecule has 2 aromatic heterocycles. The van der Waals surface area contributed by atoms with E-state index in [1.54, 1.807) is 6.20 Å². The van der Waals surface area contributed by atoms with Crippen molar-refractivity contribution in [1.82, 2.24) is 9.97 Å². The molecule has 0 radical (unpaired) electrons. The van der Waals surface area contributed by atoms with E-state index in [9.17, 15) is 0 Å². The van der Waals surface area contributed by atoms with Crippen LogP contribution < -0.4 is 0 Å². The summed E-state index contributed by atoms with van der Waals surface area (Å²) in [6, 6.07) is 14.5. The van der Waals surface area contributed by atoms with Gasteiger partial charge in [0.25, 0.3) is 0 Å². The number of hydrogen-bond donors (Lipinski definition) is 0. The molecule has 0 amide bonds. The molecule has 2 nitrogen and oxygen atoms in total. The fourth-order valence-corrected chi connectivity index (χ4v) is 2.89. The lowest BCUT2D eigenvalue weighted by Gasteiger charge is -2.08. The number of allylic oxidation sites excluding steroid dienone is 1. The largest absolute Gasteiger partial charge is 0.255 e. The van der Waals surface area contributed by atoms with E-state index in [1.807, 2.05) is 18.2 Å². The van der Waals surface area contributed by atoms with Crippen LogP contribution in [-0.2, 0) is 6.42 Å². The molecular formula is C18H14N2. The highest BCUT2D eigenvalue weighted by molar-refractivity contribution is 5.86. The minimum atomic E-state index is 0.944. The molecule has 0 saturated carbocycles. The quantitative estimate of drug-likeness (QED) is 0.661. The van der Waals surface area contributed by atoms with Gasteiger partial charge in [0.15, 0.2) is 0 Å². The highest BCUT2D eigenvalue weighted by Crippen LogP contribution is 2.33. The Labute approximate surface area is 117 Å². The first-order valence-electron chi connectivity index (χ1n) is 6.84. The molecule has 3 aromatic rings. The van der Waals surface area contributed by atoms with E-state index in [-0.39, 0.29) is 0 Å². The molecule has 1 aliphatic rings. The third kappa shape index (κ3) is 1.65. The van der Waals surface area contributed by atoms with E-state index in [4.69, 9.17) is 4.98 Å². The fourth-order valence-electron chi connectivity index (χ4n) is 2.89. The van der Waals surface area contributed by atoms with E-state index in [0.717, 1.165) is 23.1 Å². The van der Waals surface area contributed by atoms with Gasteiger partial charge < -0.3 is 0 Å². The Hall–Kier alpha value is -2.48. The Balaban J connectivity index is 1.88. The molecule has 0 unspecified atom stereocenters. The summed E-state index contributed by atoms with van der Waals surface area (Å²) in [4.78, 5) is 9.08. The lowest BCUT2D eigenvalue weighted by atomic mass is 9.99. The maximum atomic E-state index is 4.75. The van der Waals surface area contributed by atoms with Crippen LogP contribution in [0.3, 0.4) is 0 Å². The van der Waals surface area contributed by atoms with Crippen LogP contribution in [0.15, 0.2) is 54.7 Å². The maximum Gasteiger partial charge on any atom is 0.0894 e. The van der Waals surface area contributed by atoms with E-state index in [2.05, 4.69) is 42.2 Å². The zero-order valence-corrected chi connectivity index (χ0v) is 11.3. The molecule has 0 N–H and O–H groups in total. The van der Waals surface area contributed by atoms with E-state index in [0.29, 0.717) is 0 Å². The fraction of sp³-hybridized carbons (Fsp3) is 0.111. The number of nitrogens with zero attached hydrogens (tertiary/aromatic N) is 2. The molecule has 0 aliphatic heterocycles. The van der Waals surface area contributed by atoms with Gasteiger partial charge >= 0.3 is 0 Å². The summed E-state index contributed by atoms with van der Waals surface area (Å²) in [5, 5.41) is 0. The van der Waals surface area contributed by atoms with Gasteiger partial charge in [0.2, 0.25) is 0 Å². The second kappa shape index (κ2) is 4.27. The van der Waals surface area contributed by atoms with Crippen LogP contribution >= 0.6 is 0 Å². The summed E-state index contributed by atoms with van der Waals surface area (Å²) < 4.78 is 0. The summed E-state index contributed by atoms with van der Waals surface area (Å²) in [7, 11) is 0. The summed E-state index contributed by atoms with van der Waals surface area (Å²) in [6.07, 6.45) is 5.09. The van der Waals surface area contributed by atoms with Crippen molar-refractivity contribution in [2.45, 2.75) is 13.3 Å². The molecule has 20 heavy (non-hydrogen) atoms. The molecule has 0 saturated heterocycles. The van der Waals surface area contributed by atoms with Crippen LogP contribution in [0.1, 0.15) is 22.4 Å². The number of aromatic nitrogens is 2. The molecule has 2 heterocycles. The molecule has 0 bridgehead atoms. The van der Waals surface area contributed by atoms with Crippen molar-refractivity contribution in [3.8, 4) is 0 Å². The first-order valence-corrected chi connectivity index (χ1v) is 6.84. The Morgan fingerprint density at radius 3 is 2.85 bits per heavy atom. The van der Waals surface area contributed by atoms with Crippen LogP contribution in [0.4, 0.5) is 0 Å². The molecule has 2 heteroatoms. The number of fused-ring (bicyclic) bond motifs is 2. The minimum absolute atomic E-state index is 0.944. The van der Waals surface area contributed by atoms with Gasteiger partial charge in [-0.15, -0.1) is 0 Å². The number of rotatable bonds is 1. The molecular weight excluding hydrogens is 244 g/mol. The molecule has 0 fully saturated rings. The van der Waals surface area contributed by atoms with Gasteiger partial charge in [-0.25, -0.2) is 4.98 Å². The predicted octanol–water partition coefficient (Wildman–Crippen LogP) is 3.93. The van der Waals surface area contributed by atoms with Crippen molar-refractivity contribution in [1.29, 1.82) is 0 Å². The highest BCUT2D eigenvalue weighted by Gasteiger charge is 2.17. The van der Waals surface area contributed by atoms with Crippen LogP contribution in [-0.4, -0.2) is 9.97 Å². The van der Waals surface area contributed by atoms with E-state index < -0.39 is 0 Å². The van der Waals surface area contributed by atoms with E-state index >= 15 is 0 Å². The second-order valence-electron chi connectivity index (χ2n) is 5.16. The van der Waals surface area contributed by atoms with Crippen LogP contribution in [0.25, 0.3) is 16.6 Å². The summed E-state index contributed by atoms with van der Waals surface area (Å²) >= 11 is 0. The normalized spacial score (nSPS) is 13.3. The average Bonchev–Trinajstić information content (AvgIpc) is 2.92. The van der Waals surface area contributed by atoms with Gasteiger partial charge in [-0.3, -0.25) is 4.98 Å². The SMILES string of the molecule is Cc1cccc2c1CC=C2c1ccc2ncccc2n1. The number of aryl methyl sites for hydroxylation is 1. The number of pyridine rings is 2. The molecule has 1 aromatic carbocycles. The summed E-state index contributed by atoms with van der Waals surface area (Å²) in [6.45, 7) is 2.17. The molecule has 0 spiro atoms. The van der Waals surface area contributed by atoms with Crippen molar-refractivity contribution < 1.29 is 0 Å². The Morgan fingerprint density at radius 2 is 1.90 bits per heavy atom. The lowest BCUT2D eigenvalue weighted by Crippen LogP contribution is -1.93. The van der Waals surface area contributed by atoms with E-state index in [1.165, 1.54) is 22.3 Å². The highest BCUT2D eigenvalue weighted by atomic mass is 14.8. The topological polar surface area (TPSA) is 25.8 Å². The lowest BCUT2D eigenvalue weighted by molar-refractivity contribution is 1.24. The zero-order chi connectivity index (χ0) is 13.5. The Bertz CT molecular complexity index is 847. The molecule has 4 rings (SSSR count). The average molecular weight is 258 g/mol. The van der Waals surface area contributed by atoms with Crippen molar-refractivity contribution in [3.63, 3.8) is 0 Å². The summed E-state index contributed by atoms with van der Waals surface area (Å²) in [5.41, 5.74) is 8.28. The number of hydrogen-bond acceptors (Lipinski definition) is 2. The van der Waals surface area contributed by atoms with Crippen LogP contribution in [0.2, 0.25) is 0 Å². The number of benzene rings is 1. The van der Waals surface area contributed by atoms with Gasteiger partial charge in [-0.05, 0) is 54.3 Å². The van der Waals surface area contributed by atoms with Gasteiger partial charge in [-0.2, -0.15) is 0 Å². The second-order valence-corrected chi connectivity index (χ2v) is 5.16. The van der Waals surface area contributed by atoms with Crippen LogP contribution in [0, 0.1) is 6.92 Å². The van der Waals surface area contributed by atoms with Gasteiger partial charge in [0.05, 0.1) is 16.7 Å². The summed E-state index contributed by atoms with van der Waals surface area (Å²) in [5.74, 6) is 0. The third-order valence-electron chi connectivity index (χ3n) is 3.94. The zero-order valence-electron chi connectivity index (χ0n) is 11.3. The monoisotopic (exact) mass is 258 g/mol. The maximum absolute atomic E-state index is 4.75. The van der Waals surface area contributed by atoms with Crippen LogP contribution in [0.5, 0.6) is 0 Å². The van der Waals surface area contributed by atoms with Gasteiger partial charge in [0.1, 0.15) is 0 Å². The third-order valence-corrected chi connectivity index (χ3v) is 3.94. The Morgan fingerprint density at radius 1 is 0.950 bits per heavy atom. The molecule has 96 valence electrons. The molecule has 0 atom stereocenters. The Kier molecular flexibility index (Phi) is 2.43. The standard InChI is InChI=1S/C18H14N2/c1-12-4-2-5-14-13(12)7-8-15(14)16-9-10-17-18(20-16)6-3-11-19-17/h2-6,8-11H,7H2,1H3. The predicted molar refractivity (Wildman–Crippen MR) is 81.5 cm³/mol. The van der Waals surface area contributed by atoms with Gasteiger partial charge in [0, 0.05) is 11.8 Å². The smallest absolute Gasteiger partial charge is 0.0894 e. The van der Waals surface area contributed by atoms with Gasteiger partial charge in [-0.1, -0.05) is 24.3 Å². The first-order chi connectivity index (χ1) is 9.83. The first kappa shape index (κ1) is 11.4. The van der Waals surface area contributed by atoms with Crippen molar-refractivity contribution >= 4 is 16.6 Å².